The van der Waals surface area contributed by atoms with E-state index in [1.54, 1.807) is 11.8 Å². The molecule has 0 radical (unpaired) electrons. The van der Waals surface area contributed by atoms with Crippen LogP contribution < -0.4 is 5.73 Å². The fourth-order valence-electron chi connectivity index (χ4n) is 1.79. The molecule has 0 amide bonds. The van der Waals surface area contributed by atoms with Crippen molar-refractivity contribution >= 4 is 23.3 Å². The zero-order chi connectivity index (χ0) is 13.1. The predicted molar refractivity (Wildman–Crippen MR) is 78.1 cm³/mol. The third-order valence-corrected chi connectivity index (χ3v) is 5.05. The number of nitrogens with zero attached hydrogens (tertiary/aromatic N) is 2. The van der Waals surface area contributed by atoms with Gasteiger partial charge in [-0.25, -0.2) is 4.98 Å². The van der Waals surface area contributed by atoms with Crippen molar-refractivity contribution in [3.8, 4) is 0 Å². The molecular formula is C13H17N3S2. The summed E-state index contributed by atoms with van der Waals surface area (Å²) >= 11 is 3.15. The van der Waals surface area contributed by atoms with E-state index >= 15 is 0 Å². The van der Waals surface area contributed by atoms with Gasteiger partial charge in [0.2, 0.25) is 0 Å². The van der Waals surface area contributed by atoms with Crippen molar-refractivity contribution in [3.05, 3.63) is 41.2 Å². The summed E-state index contributed by atoms with van der Waals surface area (Å²) in [5.41, 5.74) is 8.68. The summed E-state index contributed by atoms with van der Waals surface area (Å²) in [6.07, 6.45) is 0. The Morgan fingerprint density at radius 3 is 2.56 bits per heavy atom. The Kier molecular flexibility index (Phi) is 4.37. The van der Waals surface area contributed by atoms with Crippen molar-refractivity contribution in [1.82, 2.24) is 9.36 Å². The van der Waals surface area contributed by atoms with Crippen molar-refractivity contribution < 1.29 is 0 Å². The Morgan fingerprint density at radius 1 is 1.28 bits per heavy atom. The maximum atomic E-state index is 6.13. The second kappa shape index (κ2) is 5.82. The molecule has 96 valence electrons. The molecule has 0 aliphatic heterocycles. The molecule has 3 nitrogen and oxygen atoms in total. The van der Waals surface area contributed by atoms with Crippen LogP contribution in [0.15, 0.2) is 28.6 Å². The molecule has 2 unspecified atom stereocenters. The van der Waals surface area contributed by atoms with E-state index in [9.17, 15) is 0 Å². The molecule has 1 aromatic carbocycles. The maximum Gasteiger partial charge on any atom is 0.170 e. The van der Waals surface area contributed by atoms with Crippen LogP contribution in [0.5, 0.6) is 0 Å². The Balaban J connectivity index is 2.27. The zero-order valence-corrected chi connectivity index (χ0v) is 12.4. The van der Waals surface area contributed by atoms with Gasteiger partial charge in [0.05, 0.1) is 5.25 Å². The Bertz CT molecular complexity index is 522. The highest BCUT2D eigenvalue weighted by Crippen LogP contribution is 2.38. The van der Waals surface area contributed by atoms with Gasteiger partial charge in [0.15, 0.2) is 4.34 Å². The summed E-state index contributed by atoms with van der Waals surface area (Å²) in [5.74, 6) is 0.829. The molecule has 1 heterocycles. The third kappa shape index (κ3) is 3.10. The summed E-state index contributed by atoms with van der Waals surface area (Å²) in [4.78, 5) is 4.40. The lowest BCUT2D eigenvalue weighted by molar-refractivity contribution is 0.717. The molecule has 0 fully saturated rings. The van der Waals surface area contributed by atoms with Gasteiger partial charge in [0, 0.05) is 6.04 Å². The summed E-state index contributed by atoms with van der Waals surface area (Å²) in [6, 6.07) is 8.45. The maximum absolute atomic E-state index is 6.13. The fourth-order valence-corrected chi connectivity index (χ4v) is 3.82. The molecule has 0 aliphatic carbocycles. The predicted octanol–water partition coefficient (Wildman–Crippen LogP) is 3.34. The van der Waals surface area contributed by atoms with Crippen LogP contribution in [0.3, 0.4) is 0 Å². The number of nitrogens with two attached hydrogens (primary N) is 1. The molecule has 0 bridgehead atoms. The lowest BCUT2D eigenvalue weighted by Gasteiger charge is -2.21. The van der Waals surface area contributed by atoms with E-state index in [4.69, 9.17) is 5.73 Å². The largest absolute Gasteiger partial charge is 0.327 e. The van der Waals surface area contributed by atoms with Crippen LogP contribution in [0.4, 0.5) is 0 Å². The number of thioether (sulfide) groups is 1. The van der Waals surface area contributed by atoms with Crippen LogP contribution in [0.1, 0.15) is 29.1 Å². The summed E-state index contributed by atoms with van der Waals surface area (Å²) in [5, 5.41) is 0.221. The first-order valence-corrected chi connectivity index (χ1v) is 7.51. The number of hydrogen-bond donors (Lipinski definition) is 1. The SMILES string of the molecule is Cc1nsc(SC(c2ccccc2C)C(C)N)n1. The number of aryl methyl sites for hydroxylation is 2. The summed E-state index contributed by atoms with van der Waals surface area (Å²) in [6.45, 7) is 6.07. The van der Waals surface area contributed by atoms with E-state index in [2.05, 4.69) is 40.5 Å². The average Bonchev–Trinajstić information content (AvgIpc) is 2.73. The highest BCUT2D eigenvalue weighted by atomic mass is 32.2. The molecule has 2 rings (SSSR count). The molecule has 2 atom stereocenters. The molecule has 0 aliphatic rings. The Hall–Kier alpha value is -0.910. The van der Waals surface area contributed by atoms with Gasteiger partial charge >= 0.3 is 0 Å². The van der Waals surface area contributed by atoms with Gasteiger partial charge in [0.1, 0.15) is 5.82 Å². The first kappa shape index (κ1) is 13.5. The Morgan fingerprint density at radius 2 is 2.00 bits per heavy atom. The van der Waals surface area contributed by atoms with Crippen molar-refractivity contribution in [3.63, 3.8) is 0 Å². The molecule has 2 aromatic rings. The van der Waals surface area contributed by atoms with Crippen LogP contribution in [0, 0.1) is 13.8 Å². The fraction of sp³-hybridized carbons (Fsp3) is 0.385. The number of hydrogen-bond acceptors (Lipinski definition) is 5. The normalized spacial score (nSPS) is 14.4. The molecule has 2 N–H and O–H groups in total. The highest BCUT2D eigenvalue weighted by molar-refractivity contribution is 8.01. The first-order valence-electron chi connectivity index (χ1n) is 5.86. The average molecular weight is 279 g/mol. The highest BCUT2D eigenvalue weighted by Gasteiger charge is 2.21. The second-order valence-corrected chi connectivity index (χ2v) is 6.50. The van der Waals surface area contributed by atoms with Crippen molar-refractivity contribution in [1.29, 1.82) is 0 Å². The van der Waals surface area contributed by atoms with Crippen molar-refractivity contribution in [2.24, 2.45) is 5.73 Å². The van der Waals surface area contributed by atoms with E-state index in [-0.39, 0.29) is 11.3 Å². The minimum atomic E-state index is 0.0697. The van der Waals surface area contributed by atoms with Gasteiger partial charge in [-0.1, -0.05) is 36.0 Å². The van der Waals surface area contributed by atoms with E-state index in [1.165, 1.54) is 22.7 Å². The number of benzene rings is 1. The summed E-state index contributed by atoms with van der Waals surface area (Å²) in [7, 11) is 0. The zero-order valence-electron chi connectivity index (χ0n) is 10.8. The summed E-state index contributed by atoms with van der Waals surface area (Å²) < 4.78 is 5.20. The van der Waals surface area contributed by atoms with Gasteiger partial charge in [-0.3, -0.25) is 0 Å². The van der Waals surface area contributed by atoms with Crippen LogP contribution in [0.2, 0.25) is 0 Å². The van der Waals surface area contributed by atoms with Crippen LogP contribution >= 0.6 is 23.3 Å². The van der Waals surface area contributed by atoms with Crippen molar-refractivity contribution in [2.45, 2.75) is 36.4 Å². The third-order valence-electron chi connectivity index (χ3n) is 2.71. The number of rotatable bonds is 4. The minimum absolute atomic E-state index is 0.0697. The molecule has 18 heavy (non-hydrogen) atoms. The standard InChI is InChI=1S/C13H17N3S2/c1-8-6-4-5-7-11(8)12(9(2)14)17-13-15-10(3)16-18-13/h4-7,9,12H,14H2,1-3H3. The quantitative estimate of drug-likeness (QED) is 0.872. The second-order valence-electron chi connectivity index (χ2n) is 4.36. The lowest BCUT2D eigenvalue weighted by Crippen LogP contribution is -2.23. The topological polar surface area (TPSA) is 51.8 Å². The first-order chi connectivity index (χ1) is 8.58. The van der Waals surface area contributed by atoms with Gasteiger partial charge in [-0.2, -0.15) is 4.37 Å². The van der Waals surface area contributed by atoms with Crippen LogP contribution in [-0.4, -0.2) is 15.4 Å². The molecule has 1 aromatic heterocycles. The smallest absolute Gasteiger partial charge is 0.170 e. The molecule has 0 spiro atoms. The molecule has 5 heteroatoms. The molecular weight excluding hydrogens is 262 g/mol. The number of aromatic nitrogens is 2. The molecule has 0 saturated heterocycles. The van der Waals surface area contributed by atoms with E-state index in [0.29, 0.717) is 0 Å². The van der Waals surface area contributed by atoms with Crippen molar-refractivity contribution in [2.75, 3.05) is 0 Å². The van der Waals surface area contributed by atoms with E-state index < -0.39 is 0 Å². The van der Waals surface area contributed by atoms with Crippen LogP contribution in [-0.2, 0) is 0 Å². The van der Waals surface area contributed by atoms with E-state index in [1.807, 2.05) is 13.8 Å². The van der Waals surface area contributed by atoms with Crippen LogP contribution in [0.25, 0.3) is 0 Å². The van der Waals surface area contributed by atoms with Gasteiger partial charge in [-0.15, -0.1) is 0 Å². The van der Waals surface area contributed by atoms with Gasteiger partial charge < -0.3 is 5.73 Å². The Labute approximate surface area is 116 Å². The molecule has 0 saturated carbocycles. The lowest BCUT2D eigenvalue weighted by atomic mass is 10.0. The van der Waals surface area contributed by atoms with E-state index in [0.717, 1.165) is 10.2 Å². The minimum Gasteiger partial charge on any atom is -0.327 e. The van der Waals surface area contributed by atoms with Gasteiger partial charge in [-0.05, 0) is 43.4 Å². The van der Waals surface area contributed by atoms with Gasteiger partial charge in [0.25, 0.3) is 0 Å². The monoisotopic (exact) mass is 279 g/mol.